The van der Waals surface area contributed by atoms with Crippen LogP contribution in [0.4, 0.5) is 5.69 Å². The number of aliphatic imine (C=N–C) groups is 1. The van der Waals surface area contributed by atoms with Gasteiger partial charge in [-0.05, 0) is 26.2 Å². The molecule has 1 aliphatic rings. The van der Waals surface area contributed by atoms with Crippen LogP contribution in [0.25, 0.3) is 0 Å². The van der Waals surface area contributed by atoms with E-state index in [9.17, 15) is 14.0 Å². The minimum Gasteiger partial charge on any atom is -0.334 e. The second-order valence-electron chi connectivity index (χ2n) is 3.84. The van der Waals surface area contributed by atoms with E-state index in [1.165, 1.54) is 0 Å². The van der Waals surface area contributed by atoms with E-state index in [1.807, 2.05) is 30.3 Å². The molecule has 10 heteroatoms. The molecule has 1 heterocycles. The van der Waals surface area contributed by atoms with Crippen molar-refractivity contribution in [3.05, 3.63) is 30.3 Å². The second kappa shape index (κ2) is 6.41. The SMILES string of the molecule is CN(C)C1=S(O[Cl+3]([O-])([O-])[O-])SC(Nc2ccccc2)=N1. The van der Waals surface area contributed by atoms with Crippen molar-refractivity contribution in [2.75, 3.05) is 19.4 Å². The highest BCUT2D eigenvalue weighted by atomic mass is 35.7. The Kier molecular flexibility index (Phi) is 5.04. The van der Waals surface area contributed by atoms with E-state index < -0.39 is 20.0 Å². The molecule has 0 spiro atoms. The fourth-order valence-electron chi connectivity index (χ4n) is 1.31. The molecule has 2 rings (SSSR count). The summed E-state index contributed by atoms with van der Waals surface area (Å²) in [4.78, 5) is 5.85. The van der Waals surface area contributed by atoms with E-state index in [-0.39, 0.29) is 0 Å². The summed E-state index contributed by atoms with van der Waals surface area (Å²) in [5.41, 5.74) is 0.810. The summed E-state index contributed by atoms with van der Waals surface area (Å²) >= 11 is 0. The predicted molar refractivity (Wildman–Crippen MR) is 72.5 cm³/mol. The lowest BCUT2D eigenvalue weighted by Gasteiger charge is -2.13. The average Bonchev–Trinajstić information content (AvgIpc) is 2.71. The van der Waals surface area contributed by atoms with E-state index in [2.05, 4.69) is 14.0 Å². The molecule has 0 aliphatic carbocycles. The molecule has 20 heavy (non-hydrogen) atoms. The van der Waals surface area contributed by atoms with Gasteiger partial charge in [0.05, 0.1) is 10.2 Å². The molecule has 1 aliphatic heterocycles. The third kappa shape index (κ3) is 4.43. The lowest BCUT2D eigenvalue weighted by atomic mass is 10.3. The Morgan fingerprint density at radius 1 is 1.25 bits per heavy atom. The molecule has 0 fully saturated rings. The molecule has 1 atom stereocenters. The first-order valence-corrected chi connectivity index (χ1v) is 9.05. The van der Waals surface area contributed by atoms with Gasteiger partial charge in [0.25, 0.3) is 0 Å². The van der Waals surface area contributed by atoms with Gasteiger partial charge in [-0.3, -0.25) is 4.90 Å². The quantitative estimate of drug-likeness (QED) is 0.549. The topological polar surface area (TPSA) is 106 Å². The maximum Gasteiger partial charge on any atom is 0.213 e. The summed E-state index contributed by atoms with van der Waals surface area (Å²) in [7, 11) is -1.34. The smallest absolute Gasteiger partial charge is 0.213 e. The predicted octanol–water partition coefficient (Wildman–Crippen LogP) is -1.14. The number of amidine groups is 1. The Bertz CT molecular complexity index is 545. The Labute approximate surface area is 124 Å². The fraction of sp³-hybridized carbons (Fsp3) is 0.200. The first-order valence-electron chi connectivity index (χ1n) is 5.33. The van der Waals surface area contributed by atoms with Crippen molar-refractivity contribution in [1.82, 2.24) is 4.90 Å². The monoisotopic (exact) mass is 337 g/mol. The Morgan fingerprint density at radius 3 is 2.45 bits per heavy atom. The van der Waals surface area contributed by atoms with Crippen LogP contribution in [0.15, 0.2) is 35.3 Å². The average molecular weight is 338 g/mol. The van der Waals surface area contributed by atoms with Crippen LogP contribution in [-0.2, 0) is 3.74 Å². The number of hydrogen-bond donors (Lipinski definition) is 1. The molecule has 0 saturated carbocycles. The van der Waals surface area contributed by atoms with Crippen LogP contribution in [0.2, 0.25) is 0 Å². The summed E-state index contributed by atoms with van der Waals surface area (Å²) in [6.45, 7) is 0. The third-order valence-electron chi connectivity index (χ3n) is 2.04. The zero-order valence-corrected chi connectivity index (χ0v) is 13.0. The van der Waals surface area contributed by atoms with Crippen molar-refractivity contribution < 1.29 is 28.0 Å². The maximum absolute atomic E-state index is 10.7. The molecule has 110 valence electrons. The molecule has 1 unspecified atom stereocenters. The minimum atomic E-state index is -4.50. The van der Waals surface area contributed by atoms with Gasteiger partial charge in [-0.1, -0.05) is 18.2 Å². The molecule has 0 bridgehead atoms. The van der Waals surface area contributed by atoms with E-state index >= 15 is 0 Å². The number of nitrogens with zero attached hydrogens (tertiary/aromatic N) is 2. The standard InChI is InChI=1S/C10H12ClN3O4S2/c1-14(2)10-13-9(12-8-6-4-3-5-7-8)19-20(10)18-11(15,16)17/h3-7H,1-2H3,(H,12,13). The fourth-order valence-corrected chi connectivity index (χ4v) is 5.47. The van der Waals surface area contributed by atoms with Crippen LogP contribution >= 0.6 is 20.6 Å². The molecular formula is C10H12ClN3O4S2. The summed E-state index contributed by atoms with van der Waals surface area (Å²) in [5.74, 6) is 0. The number of para-hydroxylation sites is 1. The Balaban J connectivity index is 2.12. The van der Waals surface area contributed by atoms with Crippen molar-refractivity contribution in [1.29, 1.82) is 0 Å². The molecule has 1 aromatic rings. The van der Waals surface area contributed by atoms with Crippen LogP contribution < -0.4 is 19.3 Å². The van der Waals surface area contributed by atoms with E-state index in [0.717, 1.165) is 16.5 Å². The van der Waals surface area contributed by atoms with Gasteiger partial charge in [-0.2, -0.15) is 14.0 Å². The molecule has 7 nitrogen and oxygen atoms in total. The van der Waals surface area contributed by atoms with Gasteiger partial charge >= 0.3 is 0 Å². The van der Waals surface area contributed by atoms with Crippen LogP contribution in [0.5, 0.6) is 0 Å². The second-order valence-corrected chi connectivity index (χ2v) is 7.90. The van der Waals surface area contributed by atoms with Crippen molar-refractivity contribution in [3.63, 3.8) is 0 Å². The molecule has 0 radical (unpaired) electrons. The summed E-state index contributed by atoms with van der Waals surface area (Å²) in [6.07, 6.45) is 0. The molecular weight excluding hydrogens is 326 g/mol. The number of nitrogens with one attached hydrogen (secondary N) is 1. The first kappa shape index (κ1) is 15.7. The van der Waals surface area contributed by atoms with Crippen molar-refractivity contribution in [2.45, 2.75) is 0 Å². The first-order chi connectivity index (χ1) is 9.35. The molecule has 0 saturated heterocycles. The van der Waals surface area contributed by atoms with E-state index in [4.69, 9.17) is 0 Å². The zero-order chi connectivity index (χ0) is 14.8. The van der Waals surface area contributed by atoms with Crippen LogP contribution in [0.3, 0.4) is 0 Å². The minimum absolute atomic E-state index is 0.375. The summed E-state index contributed by atoms with van der Waals surface area (Å²) in [5, 5.41) is 3.88. The van der Waals surface area contributed by atoms with Crippen LogP contribution in [-0.4, -0.2) is 29.3 Å². The van der Waals surface area contributed by atoms with Crippen molar-refractivity contribution >= 4 is 36.6 Å². The van der Waals surface area contributed by atoms with Gasteiger partial charge < -0.3 is 5.32 Å². The normalized spacial score (nSPS) is 19.4. The van der Waals surface area contributed by atoms with E-state index in [1.54, 1.807) is 19.0 Å². The molecule has 1 N–H and O–H groups in total. The number of halogens is 1. The highest BCUT2D eigenvalue weighted by molar-refractivity contribution is 8.87. The van der Waals surface area contributed by atoms with Crippen LogP contribution in [0, 0.1) is 10.2 Å². The van der Waals surface area contributed by atoms with Gasteiger partial charge in [0, 0.05) is 16.5 Å². The van der Waals surface area contributed by atoms with Gasteiger partial charge in [0.1, 0.15) is 0 Å². The number of anilines is 1. The van der Waals surface area contributed by atoms with Gasteiger partial charge in [0.2, 0.25) is 9.80 Å². The van der Waals surface area contributed by atoms with Crippen molar-refractivity contribution in [3.8, 4) is 0 Å². The highest BCUT2D eigenvalue weighted by Gasteiger charge is 2.33. The van der Waals surface area contributed by atoms with Crippen LogP contribution in [0.1, 0.15) is 0 Å². The van der Waals surface area contributed by atoms with E-state index in [0.29, 0.717) is 10.3 Å². The highest BCUT2D eigenvalue weighted by Crippen LogP contribution is 2.42. The largest absolute Gasteiger partial charge is 0.334 e. The molecule has 1 aromatic carbocycles. The lowest BCUT2D eigenvalue weighted by Crippen LogP contribution is -2.60. The summed E-state index contributed by atoms with van der Waals surface area (Å²) in [6, 6.07) is 9.28. The van der Waals surface area contributed by atoms with Gasteiger partial charge in [-0.15, -0.1) is 0 Å². The number of hydrogen-bond acceptors (Lipinski definition) is 8. The zero-order valence-electron chi connectivity index (χ0n) is 10.6. The lowest BCUT2D eigenvalue weighted by molar-refractivity contribution is -1.91. The van der Waals surface area contributed by atoms with Crippen molar-refractivity contribution in [2.24, 2.45) is 4.99 Å². The van der Waals surface area contributed by atoms with Gasteiger partial charge in [0.15, 0.2) is 14.0 Å². The molecule has 0 aromatic heterocycles. The Hall–Kier alpha value is -0.650. The molecule has 0 amide bonds. The third-order valence-corrected chi connectivity index (χ3v) is 6.21. The maximum atomic E-state index is 10.7. The Morgan fingerprint density at radius 2 is 1.90 bits per heavy atom. The summed E-state index contributed by atoms with van der Waals surface area (Å²) < 4.78 is 36.6. The van der Waals surface area contributed by atoms with Gasteiger partial charge in [-0.25, -0.2) is 4.99 Å². The number of benzene rings is 1. The number of rotatable bonds is 3.